The molecule has 0 aromatic rings. The van der Waals surface area contributed by atoms with E-state index in [2.05, 4.69) is 0 Å². The smallest absolute Gasteiger partial charge is 0.236 e. The summed E-state index contributed by atoms with van der Waals surface area (Å²) in [5.74, 6) is 0.157. The van der Waals surface area contributed by atoms with Gasteiger partial charge in [0.25, 0.3) is 0 Å². The fraction of sp³-hybridized carbons (Fsp3) is 0.909. The van der Waals surface area contributed by atoms with Crippen LogP contribution in [0.25, 0.3) is 0 Å². The first kappa shape index (κ1) is 11.8. The first-order chi connectivity index (χ1) is 7.65. The molecule has 2 aliphatic rings. The molecule has 2 heterocycles. The van der Waals surface area contributed by atoms with E-state index in [1.54, 1.807) is 0 Å². The largest absolute Gasteiger partial charge is 0.392 e. The summed E-state index contributed by atoms with van der Waals surface area (Å²) in [6.45, 7) is 5.89. The molecular weight excluding hydrogens is 208 g/mol. The second-order valence-corrected chi connectivity index (χ2v) is 4.70. The number of rotatable bonds is 2. The van der Waals surface area contributed by atoms with Gasteiger partial charge in [-0.25, -0.2) is 0 Å². The molecule has 1 amide bonds. The minimum atomic E-state index is -0.253. The maximum atomic E-state index is 12.0. The molecule has 0 saturated carbocycles. The quantitative estimate of drug-likeness (QED) is 0.679. The lowest BCUT2D eigenvalue weighted by molar-refractivity contribution is -0.139. The molecule has 0 aromatic carbocycles. The number of aliphatic hydroxyl groups excluding tert-OH is 1. The van der Waals surface area contributed by atoms with Gasteiger partial charge in [-0.1, -0.05) is 0 Å². The number of likely N-dealkylation sites (tertiary alicyclic amines) is 1. The fourth-order valence-electron chi connectivity index (χ4n) is 2.29. The van der Waals surface area contributed by atoms with Crippen molar-refractivity contribution in [3.63, 3.8) is 0 Å². The van der Waals surface area contributed by atoms with E-state index in [1.807, 2.05) is 16.7 Å². The number of hydrogen-bond donors (Lipinski definition) is 1. The number of β-amino-alcohol motifs (C(OH)–C–C–N with tert-alkyl or cyclic N) is 1. The molecule has 2 fully saturated rings. The Kier molecular flexibility index (Phi) is 3.78. The van der Waals surface area contributed by atoms with Gasteiger partial charge in [0.2, 0.25) is 5.91 Å². The molecule has 2 unspecified atom stereocenters. The Morgan fingerprint density at radius 2 is 2.25 bits per heavy atom. The van der Waals surface area contributed by atoms with Gasteiger partial charge in [0.05, 0.1) is 25.4 Å². The summed E-state index contributed by atoms with van der Waals surface area (Å²) in [5, 5.41) is 9.38. The highest BCUT2D eigenvalue weighted by Crippen LogP contribution is 2.10. The van der Waals surface area contributed by atoms with Crippen LogP contribution in [0, 0.1) is 0 Å². The number of morpholine rings is 1. The Balaban J connectivity index is 1.78. The molecule has 0 aromatic heterocycles. The van der Waals surface area contributed by atoms with Crippen molar-refractivity contribution in [2.75, 3.05) is 39.3 Å². The summed E-state index contributed by atoms with van der Waals surface area (Å²) in [4.78, 5) is 15.8. The van der Waals surface area contributed by atoms with E-state index in [0.29, 0.717) is 32.8 Å². The minimum absolute atomic E-state index is 0.141. The van der Waals surface area contributed by atoms with Crippen LogP contribution in [0.15, 0.2) is 0 Å². The van der Waals surface area contributed by atoms with Gasteiger partial charge in [0.15, 0.2) is 0 Å². The summed E-state index contributed by atoms with van der Waals surface area (Å²) < 4.78 is 5.40. The Labute approximate surface area is 96.0 Å². The third kappa shape index (κ3) is 2.93. The monoisotopic (exact) mass is 228 g/mol. The normalized spacial score (nSPS) is 32.0. The van der Waals surface area contributed by atoms with Crippen molar-refractivity contribution in [2.24, 2.45) is 0 Å². The van der Waals surface area contributed by atoms with Crippen LogP contribution in [0.3, 0.4) is 0 Å². The first-order valence-electron chi connectivity index (χ1n) is 5.95. The topological polar surface area (TPSA) is 53.0 Å². The van der Waals surface area contributed by atoms with Gasteiger partial charge in [-0.05, 0) is 13.3 Å². The van der Waals surface area contributed by atoms with Crippen LogP contribution in [0.5, 0.6) is 0 Å². The van der Waals surface area contributed by atoms with Crippen LogP contribution in [0.2, 0.25) is 0 Å². The fourth-order valence-corrected chi connectivity index (χ4v) is 2.29. The Hall–Kier alpha value is -0.650. The van der Waals surface area contributed by atoms with Gasteiger partial charge in [-0.15, -0.1) is 0 Å². The average molecular weight is 228 g/mol. The third-order valence-electron chi connectivity index (χ3n) is 3.20. The molecule has 0 bridgehead atoms. The SMILES string of the molecule is CC1CN(C(=O)CN2CCC(O)C2)CCO1. The second kappa shape index (κ2) is 5.12. The zero-order valence-corrected chi connectivity index (χ0v) is 9.76. The van der Waals surface area contributed by atoms with E-state index in [9.17, 15) is 9.90 Å². The number of amides is 1. The van der Waals surface area contributed by atoms with Crippen molar-refractivity contribution in [1.29, 1.82) is 0 Å². The van der Waals surface area contributed by atoms with Gasteiger partial charge in [0.1, 0.15) is 0 Å². The zero-order valence-electron chi connectivity index (χ0n) is 9.76. The lowest BCUT2D eigenvalue weighted by Crippen LogP contribution is -2.48. The highest BCUT2D eigenvalue weighted by molar-refractivity contribution is 5.78. The summed E-state index contributed by atoms with van der Waals surface area (Å²) in [6.07, 6.45) is 0.672. The first-order valence-corrected chi connectivity index (χ1v) is 5.95. The molecule has 0 aliphatic carbocycles. The Bertz CT molecular complexity index is 260. The van der Waals surface area contributed by atoms with E-state index in [4.69, 9.17) is 4.74 Å². The van der Waals surface area contributed by atoms with Crippen molar-refractivity contribution in [2.45, 2.75) is 25.6 Å². The number of carbonyl (C=O) groups excluding carboxylic acids is 1. The number of hydrogen-bond acceptors (Lipinski definition) is 4. The van der Waals surface area contributed by atoms with Gasteiger partial charge in [-0.3, -0.25) is 9.69 Å². The van der Waals surface area contributed by atoms with Crippen LogP contribution in [0.4, 0.5) is 0 Å². The summed E-state index contributed by atoms with van der Waals surface area (Å²) >= 11 is 0. The van der Waals surface area contributed by atoms with Gasteiger partial charge >= 0.3 is 0 Å². The van der Waals surface area contributed by atoms with Crippen LogP contribution < -0.4 is 0 Å². The highest BCUT2D eigenvalue weighted by atomic mass is 16.5. The Morgan fingerprint density at radius 3 is 2.88 bits per heavy atom. The van der Waals surface area contributed by atoms with Gasteiger partial charge in [0, 0.05) is 26.2 Å². The van der Waals surface area contributed by atoms with Crippen LogP contribution in [0.1, 0.15) is 13.3 Å². The van der Waals surface area contributed by atoms with Crippen molar-refractivity contribution in [3.8, 4) is 0 Å². The second-order valence-electron chi connectivity index (χ2n) is 4.70. The van der Waals surface area contributed by atoms with Gasteiger partial charge in [-0.2, -0.15) is 0 Å². The van der Waals surface area contributed by atoms with Crippen LogP contribution >= 0.6 is 0 Å². The van der Waals surface area contributed by atoms with Crippen molar-refractivity contribution in [1.82, 2.24) is 9.80 Å². The maximum absolute atomic E-state index is 12.0. The molecule has 5 heteroatoms. The van der Waals surface area contributed by atoms with Crippen molar-refractivity contribution in [3.05, 3.63) is 0 Å². The predicted molar refractivity (Wildman–Crippen MR) is 59.1 cm³/mol. The van der Waals surface area contributed by atoms with Crippen molar-refractivity contribution >= 4 is 5.91 Å². The molecule has 2 atom stereocenters. The van der Waals surface area contributed by atoms with E-state index >= 15 is 0 Å². The minimum Gasteiger partial charge on any atom is -0.392 e. The molecule has 92 valence electrons. The highest BCUT2D eigenvalue weighted by Gasteiger charge is 2.26. The number of ether oxygens (including phenoxy) is 1. The number of nitrogens with zero attached hydrogens (tertiary/aromatic N) is 2. The molecule has 2 rings (SSSR count). The molecule has 0 radical (unpaired) electrons. The number of aliphatic hydroxyl groups is 1. The van der Waals surface area contributed by atoms with Gasteiger partial charge < -0.3 is 14.7 Å². The Morgan fingerprint density at radius 1 is 1.44 bits per heavy atom. The van der Waals surface area contributed by atoms with E-state index in [1.165, 1.54) is 0 Å². The zero-order chi connectivity index (χ0) is 11.5. The molecular formula is C11H20N2O3. The molecule has 2 aliphatic heterocycles. The lowest BCUT2D eigenvalue weighted by Gasteiger charge is -2.32. The van der Waals surface area contributed by atoms with Crippen LogP contribution in [-0.4, -0.2) is 72.4 Å². The summed E-state index contributed by atoms with van der Waals surface area (Å²) in [5.41, 5.74) is 0. The maximum Gasteiger partial charge on any atom is 0.236 e. The molecule has 1 N–H and O–H groups in total. The number of carbonyl (C=O) groups is 1. The van der Waals surface area contributed by atoms with Crippen LogP contribution in [-0.2, 0) is 9.53 Å². The van der Waals surface area contributed by atoms with E-state index in [-0.39, 0.29) is 18.1 Å². The molecule has 16 heavy (non-hydrogen) atoms. The molecule has 0 spiro atoms. The third-order valence-corrected chi connectivity index (χ3v) is 3.20. The van der Waals surface area contributed by atoms with E-state index in [0.717, 1.165) is 13.0 Å². The van der Waals surface area contributed by atoms with E-state index < -0.39 is 0 Å². The lowest BCUT2D eigenvalue weighted by atomic mass is 10.3. The molecule has 2 saturated heterocycles. The average Bonchev–Trinajstić information content (AvgIpc) is 2.64. The van der Waals surface area contributed by atoms with Crippen molar-refractivity contribution < 1.29 is 14.6 Å². The predicted octanol–water partition coefficient (Wildman–Crippen LogP) is -0.700. The molecule has 5 nitrogen and oxygen atoms in total. The summed E-state index contributed by atoms with van der Waals surface area (Å²) in [6, 6.07) is 0. The summed E-state index contributed by atoms with van der Waals surface area (Å²) in [7, 11) is 0. The standard InChI is InChI=1S/C11H20N2O3/c1-9-6-13(4-5-16-9)11(15)8-12-3-2-10(14)7-12/h9-10,14H,2-8H2,1H3.